The maximum absolute atomic E-state index is 13.0. The molecule has 1 amide bonds. The third-order valence-corrected chi connectivity index (χ3v) is 4.23. The van der Waals surface area contributed by atoms with E-state index in [1.807, 2.05) is 0 Å². The SMILES string of the molecule is O=Cc1ccc(Oc2ccccc2)cc1NC(=O)c1cc(C(F)(F)F)cc(C(F)(F)F)c1. The molecule has 0 heterocycles. The lowest BCUT2D eigenvalue weighted by Crippen LogP contribution is -2.17. The van der Waals surface area contributed by atoms with Crippen molar-refractivity contribution in [1.29, 1.82) is 0 Å². The Morgan fingerprint density at radius 3 is 1.91 bits per heavy atom. The van der Waals surface area contributed by atoms with Crippen LogP contribution in [0, 0.1) is 0 Å². The molecule has 166 valence electrons. The van der Waals surface area contributed by atoms with E-state index in [9.17, 15) is 35.9 Å². The number of hydrogen-bond donors (Lipinski definition) is 1. The predicted molar refractivity (Wildman–Crippen MR) is 103 cm³/mol. The van der Waals surface area contributed by atoms with Gasteiger partial charge in [-0.15, -0.1) is 0 Å². The zero-order valence-corrected chi connectivity index (χ0v) is 15.9. The Bertz CT molecular complexity index is 1110. The van der Waals surface area contributed by atoms with E-state index in [-0.39, 0.29) is 23.1 Å². The fraction of sp³-hybridized carbons (Fsp3) is 0.0909. The fourth-order valence-corrected chi connectivity index (χ4v) is 2.72. The molecule has 0 spiro atoms. The molecule has 0 atom stereocenters. The zero-order valence-electron chi connectivity index (χ0n) is 15.9. The molecule has 0 aliphatic carbocycles. The molecule has 0 aromatic heterocycles. The van der Waals surface area contributed by atoms with E-state index in [0.717, 1.165) is 0 Å². The van der Waals surface area contributed by atoms with E-state index < -0.39 is 35.0 Å². The summed E-state index contributed by atoms with van der Waals surface area (Å²) in [6.45, 7) is 0. The highest BCUT2D eigenvalue weighted by molar-refractivity contribution is 6.06. The number of ether oxygens (including phenoxy) is 1. The van der Waals surface area contributed by atoms with E-state index in [1.165, 1.54) is 18.2 Å². The van der Waals surface area contributed by atoms with Crippen molar-refractivity contribution in [2.45, 2.75) is 12.4 Å². The number of carbonyl (C=O) groups is 2. The quantitative estimate of drug-likeness (QED) is 0.351. The molecule has 3 aromatic rings. The summed E-state index contributed by atoms with van der Waals surface area (Å²) >= 11 is 0. The van der Waals surface area contributed by atoms with Crippen molar-refractivity contribution in [3.8, 4) is 11.5 Å². The summed E-state index contributed by atoms with van der Waals surface area (Å²) in [6.07, 6.45) is -9.84. The maximum atomic E-state index is 13.0. The van der Waals surface area contributed by atoms with Gasteiger partial charge in [-0.3, -0.25) is 9.59 Å². The lowest BCUT2D eigenvalue weighted by atomic mass is 10.0. The lowest BCUT2D eigenvalue weighted by Gasteiger charge is -2.15. The fourth-order valence-electron chi connectivity index (χ4n) is 2.72. The number of halogens is 6. The standard InChI is InChI=1S/C22H13F6NO3/c23-21(24,25)15-8-14(9-16(10-15)22(26,27)28)20(31)29-19-11-18(7-6-13(19)12-30)32-17-4-2-1-3-5-17/h1-12H,(H,29,31). The maximum Gasteiger partial charge on any atom is 0.416 e. The van der Waals surface area contributed by atoms with Gasteiger partial charge in [0.25, 0.3) is 5.91 Å². The van der Waals surface area contributed by atoms with Gasteiger partial charge in [-0.2, -0.15) is 26.3 Å². The molecule has 1 N–H and O–H groups in total. The van der Waals surface area contributed by atoms with Crippen LogP contribution in [0.25, 0.3) is 0 Å². The average Bonchev–Trinajstić information content (AvgIpc) is 2.73. The molecule has 32 heavy (non-hydrogen) atoms. The Hall–Kier alpha value is -3.82. The van der Waals surface area contributed by atoms with Crippen molar-refractivity contribution in [1.82, 2.24) is 0 Å². The second-order valence-electron chi connectivity index (χ2n) is 6.53. The van der Waals surface area contributed by atoms with Crippen molar-refractivity contribution >= 4 is 17.9 Å². The van der Waals surface area contributed by atoms with Gasteiger partial charge in [-0.05, 0) is 42.5 Å². The van der Waals surface area contributed by atoms with Gasteiger partial charge in [0, 0.05) is 17.2 Å². The van der Waals surface area contributed by atoms with Crippen LogP contribution in [0.2, 0.25) is 0 Å². The molecule has 10 heteroatoms. The largest absolute Gasteiger partial charge is 0.457 e. The summed E-state index contributed by atoms with van der Waals surface area (Å²) in [5.41, 5.74) is -4.34. The van der Waals surface area contributed by atoms with E-state index in [1.54, 1.807) is 30.3 Å². The number of hydrogen-bond acceptors (Lipinski definition) is 3. The number of anilines is 1. The summed E-state index contributed by atoms with van der Waals surface area (Å²) in [5, 5.41) is 2.18. The van der Waals surface area contributed by atoms with Gasteiger partial charge in [0.2, 0.25) is 0 Å². The highest BCUT2D eigenvalue weighted by Crippen LogP contribution is 2.36. The Morgan fingerprint density at radius 2 is 1.38 bits per heavy atom. The van der Waals surface area contributed by atoms with Gasteiger partial charge in [0.15, 0.2) is 6.29 Å². The summed E-state index contributed by atoms with van der Waals surface area (Å²) in [7, 11) is 0. The minimum absolute atomic E-state index is 0.0539. The molecule has 0 saturated carbocycles. The van der Waals surface area contributed by atoms with Gasteiger partial charge < -0.3 is 10.1 Å². The summed E-state index contributed by atoms with van der Waals surface area (Å²) < 4.78 is 83.8. The minimum atomic E-state index is -5.10. The minimum Gasteiger partial charge on any atom is -0.457 e. The van der Waals surface area contributed by atoms with E-state index in [0.29, 0.717) is 24.2 Å². The molecule has 0 saturated heterocycles. The molecule has 0 unspecified atom stereocenters. The normalized spacial score (nSPS) is 11.7. The number of amides is 1. The molecule has 3 rings (SSSR count). The Kier molecular flexibility index (Phi) is 6.24. The third kappa shape index (κ3) is 5.45. The highest BCUT2D eigenvalue weighted by atomic mass is 19.4. The molecule has 3 aromatic carbocycles. The topological polar surface area (TPSA) is 55.4 Å². The first-order valence-corrected chi connectivity index (χ1v) is 8.90. The molecule has 0 bridgehead atoms. The second kappa shape index (κ2) is 8.74. The van der Waals surface area contributed by atoms with Crippen LogP contribution >= 0.6 is 0 Å². The van der Waals surface area contributed by atoms with Crippen LogP contribution in [0.1, 0.15) is 31.8 Å². The van der Waals surface area contributed by atoms with E-state index in [2.05, 4.69) is 5.32 Å². The highest BCUT2D eigenvalue weighted by Gasteiger charge is 2.37. The lowest BCUT2D eigenvalue weighted by molar-refractivity contribution is -0.143. The Balaban J connectivity index is 1.95. The van der Waals surface area contributed by atoms with Crippen LogP contribution in [0.3, 0.4) is 0 Å². The van der Waals surface area contributed by atoms with Crippen molar-refractivity contribution in [2.75, 3.05) is 5.32 Å². The first-order chi connectivity index (χ1) is 15.0. The third-order valence-electron chi connectivity index (χ3n) is 4.23. The van der Waals surface area contributed by atoms with Crippen LogP contribution in [0.4, 0.5) is 32.0 Å². The van der Waals surface area contributed by atoms with Crippen molar-refractivity contribution < 1.29 is 40.7 Å². The summed E-state index contributed by atoms with van der Waals surface area (Å²) in [5.74, 6) is -0.657. The van der Waals surface area contributed by atoms with Crippen LogP contribution in [-0.4, -0.2) is 12.2 Å². The number of nitrogens with one attached hydrogen (secondary N) is 1. The smallest absolute Gasteiger partial charge is 0.416 e. The number of aldehydes is 1. The van der Waals surface area contributed by atoms with Crippen molar-refractivity contribution in [2.24, 2.45) is 0 Å². The number of carbonyl (C=O) groups excluding carboxylic acids is 2. The molecule has 0 aliphatic rings. The Morgan fingerprint density at radius 1 is 0.781 bits per heavy atom. The van der Waals surface area contributed by atoms with E-state index >= 15 is 0 Å². The van der Waals surface area contributed by atoms with Crippen LogP contribution in [0.5, 0.6) is 11.5 Å². The number of rotatable bonds is 5. The molecule has 0 aliphatic heterocycles. The molecular formula is C22H13F6NO3. The number of alkyl halides is 6. The van der Waals surface area contributed by atoms with Gasteiger partial charge >= 0.3 is 12.4 Å². The van der Waals surface area contributed by atoms with Crippen molar-refractivity contribution in [3.63, 3.8) is 0 Å². The predicted octanol–water partition coefficient (Wildman–Crippen LogP) is 6.58. The first-order valence-electron chi connectivity index (χ1n) is 8.90. The van der Waals surface area contributed by atoms with Crippen LogP contribution < -0.4 is 10.1 Å². The van der Waals surface area contributed by atoms with Gasteiger partial charge in [-0.1, -0.05) is 18.2 Å². The van der Waals surface area contributed by atoms with Gasteiger partial charge in [0.1, 0.15) is 11.5 Å². The Labute approximate surface area is 177 Å². The summed E-state index contributed by atoms with van der Waals surface area (Å²) in [4.78, 5) is 23.8. The number of benzene rings is 3. The zero-order chi connectivity index (χ0) is 23.5. The molecule has 0 radical (unpaired) electrons. The average molecular weight is 453 g/mol. The van der Waals surface area contributed by atoms with Crippen LogP contribution in [-0.2, 0) is 12.4 Å². The molecular weight excluding hydrogens is 440 g/mol. The second-order valence-corrected chi connectivity index (χ2v) is 6.53. The summed E-state index contributed by atoms with van der Waals surface area (Å²) in [6, 6.07) is 12.9. The van der Waals surface area contributed by atoms with E-state index in [4.69, 9.17) is 4.74 Å². The molecule has 0 fully saturated rings. The van der Waals surface area contributed by atoms with Gasteiger partial charge in [0.05, 0.1) is 16.8 Å². The van der Waals surface area contributed by atoms with Gasteiger partial charge in [-0.25, -0.2) is 0 Å². The molecule has 4 nitrogen and oxygen atoms in total. The first kappa shape index (κ1) is 22.9. The monoisotopic (exact) mass is 453 g/mol. The van der Waals surface area contributed by atoms with Crippen LogP contribution in [0.15, 0.2) is 66.7 Å². The van der Waals surface area contributed by atoms with Crippen molar-refractivity contribution in [3.05, 3.63) is 89.0 Å². The number of para-hydroxylation sites is 1.